The summed E-state index contributed by atoms with van der Waals surface area (Å²) in [5.74, 6) is 0. The molecule has 14 heavy (non-hydrogen) atoms. The summed E-state index contributed by atoms with van der Waals surface area (Å²) in [4.78, 5) is 2.14. The predicted molar refractivity (Wildman–Crippen MR) is 58.3 cm³/mol. The van der Waals surface area contributed by atoms with Gasteiger partial charge in [0.2, 0.25) is 0 Å². The Balaban J connectivity index is 3.61. The Morgan fingerprint density at radius 3 is 2.57 bits per heavy atom. The zero-order chi connectivity index (χ0) is 11.0. The molecule has 4 nitrogen and oxygen atoms in total. The number of nitrogens with zero attached hydrogens (tertiary/aromatic N) is 1. The fourth-order valence-corrected chi connectivity index (χ4v) is 1.28. The Labute approximate surface area is 87.0 Å². The quantitative estimate of drug-likeness (QED) is 0.587. The lowest BCUT2D eigenvalue weighted by molar-refractivity contribution is 0.0421. The zero-order valence-electron chi connectivity index (χ0n) is 9.57. The topological polar surface area (TPSA) is 58.7 Å². The van der Waals surface area contributed by atoms with Crippen LogP contribution < -0.4 is 5.73 Å². The van der Waals surface area contributed by atoms with E-state index >= 15 is 0 Å². The normalized spacial score (nSPS) is 15.9. The summed E-state index contributed by atoms with van der Waals surface area (Å²) < 4.78 is 5.44. The van der Waals surface area contributed by atoms with Gasteiger partial charge in [-0.1, -0.05) is 0 Å². The molecule has 0 aliphatic rings. The van der Waals surface area contributed by atoms with Crippen molar-refractivity contribution in [2.45, 2.75) is 32.5 Å². The van der Waals surface area contributed by atoms with Crippen molar-refractivity contribution in [1.82, 2.24) is 4.90 Å². The Morgan fingerprint density at radius 1 is 1.50 bits per heavy atom. The number of rotatable bonds is 8. The van der Waals surface area contributed by atoms with Gasteiger partial charge >= 0.3 is 0 Å². The minimum atomic E-state index is -0.235. The van der Waals surface area contributed by atoms with E-state index in [1.807, 2.05) is 14.0 Å². The van der Waals surface area contributed by atoms with E-state index in [1.54, 1.807) is 6.92 Å². The molecule has 0 fully saturated rings. The van der Waals surface area contributed by atoms with Gasteiger partial charge in [0.15, 0.2) is 0 Å². The second-order valence-corrected chi connectivity index (χ2v) is 3.71. The highest BCUT2D eigenvalue weighted by molar-refractivity contribution is 4.64. The van der Waals surface area contributed by atoms with E-state index in [0.717, 1.165) is 19.5 Å². The second kappa shape index (κ2) is 8.17. The first-order chi connectivity index (χ1) is 6.60. The van der Waals surface area contributed by atoms with Crippen molar-refractivity contribution >= 4 is 0 Å². The lowest BCUT2D eigenvalue weighted by atomic mass is 10.2. The minimum absolute atomic E-state index is 0.110. The summed E-state index contributed by atoms with van der Waals surface area (Å²) in [5, 5.41) is 9.11. The molecular formula is C10H24N2O2. The molecule has 0 aliphatic carbocycles. The van der Waals surface area contributed by atoms with Crippen molar-refractivity contribution in [2.75, 3.05) is 33.3 Å². The number of likely N-dealkylation sites (N-methyl/N-ethyl adjacent to an activating group) is 1. The van der Waals surface area contributed by atoms with Gasteiger partial charge in [-0.2, -0.15) is 0 Å². The molecule has 86 valence electrons. The SMILES string of the molecule is CCOC(CN)CN(C)CCC(C)O. The van der Waals surface area contributed by atoms with Crippen LogP contribution in [0.4, 0.5) is 0 Å². The number of ether oxygens (including phenoxy) is 1. The molecule has 0 radical (unpaired) electrons. The van der Waals surface area contributed by atoms with Gasteiger partial charge in [-0.3, -0.25) is 0 Å². The monoisotopic (exact) mass is 204 g/mol. The van der Waals surface area contributed by atoms with E-state index in [-0.39, 0.29) is 12.2 Å². The molecule has 4 heteroatoms. The van der Waals surface area contributed by atoms with Gasteiger partial charge in [0.1, 0.15) is 0 Å². The highest BCUT2D eigenvalue weighted by atomic mass is 16.5. The molecule has 2 unspecified atom stereocenters. The van der Waals surface area contributed by atoms with Gasteiger partial charge in [0, 0.05) is 26.2 Å². The predicted octanol–water partition coefficient (Wildman–Crippen LogP) is 0.0529. The third-order valence-electron chi connectivity index (χ3n) is 2.11. The lowest BCUT2D eigenvalue weighted by Crippen LogP contribution is -2.37. The van der Waals surface area contributed by atoms with Crippen LogP contribution in [0.5, 0.6) is 0 Å². The molecule has 0 saturated carbocycles. The van der Waals surface area contributed by atoms with Crippen molar-refractivity contribution in [3.8, 4) is 0 Å². The third-order valence-corrected chi connectivity index (χ3v) is 2.11. The molecule has 0 heterocycles. The van der Waals surface area contributed by atoms with Crippen molar-refractivity contribution in [1.29, 1.82) is 0 Å². The largest absolute Gasteiger partial charge is 0.393 e. The van der Waals surface area contributed by atoms with Gasteiger partial charge in [-0.05, 0) is 27.3 Å². The standard InChI is InChI=1S/C10H24N2O2/c1-4-14-10(7-11)8-12(3)6-5-9(2)13/h9-10,13H,4-8,11H2,1-3H3. The minimum Gasteiger partial charge on any atom is -0.393 e. The van der Waals surface area contributed by atoms with E-state index in [9.17, 15) is 0 Å². The molecule has 0 aromatic rings. The molecule has 0 amide bonds. The van der Waals surface area contributed by atoms with Crippen molar-refractivity contribution in [3.05, 3.63) is 0 Å². The van der Waals surface area contributed by atoms with E-state index in [2.05, 4.69) is 4.90 Å². The number of nitrogens with two attached hydrogens (primary N) is 1. The van der Waals surface area contributed by atoms with Crippen molar-refractivity contribution in [2.24, 2.45) is 5.73 Å². The summed E-state index contributed by atoms with van der Waals surface area (Å²) >= 11 is 0. The molecule has 0 aromatic carbocycles. The molecule has 2 atom stereocenters. The van der Waals surface area contributed by atoms with Crippen LogP contribution in [-0.4, -0.2) is 55.5 Å². The van der Waals surface area contributed by atoms with Gasteiger partial charge in [0.05, 0.1) is 12.2 Å². The van der Waals surface area contributed by atoms with E-state index in [4.69, 9.17) is 15.6 Å². The summed E-state index contributed by atoms with van der Waals surface area (Å²) in [5.41, 5.74) is 5.56. The first-order valence-corrected chi connectivity index (χ1v) is 5.28. The van der Waals surface area contributed by atoms with Crippen LogP contribution >= 0.6 is 0 Å². The highest BCUT2D eigenvalue weighted by Gasteiger charge is 2.09. The second-order valence-electron chi connectivity index (χ2n) is 3.71. The smallest absolute Gasteiger partial charge is 0.0823 e. The van der Waals surface area contributed by atoms with E-state index < -0.39 is 0 Å². The van der Waals surface area contributed by atoms with E-state index in [0.29, 0.717) is 13.2 Å². The highest BCUT2D eigenvalue weighted by Crippen LogP contribution is 1.97. The van der Waals surface area contributed by atoms with Gasteiger partial charge in [-0.15, -0.1) is 0 Å². The molecule has 0 aliphatic heterocycles. The molecule has 0 spiro atoms. The fraction of sp³-hybridized carbons (Fsp3) is 1.00. The number of hydrogen-bond donors (Lipinski definition) is 2. The van der Waals surface area contributed by atoms with Gasteiger partial charge in [0.25, 0.3) is 0 Å². The summed E-state index contributed by atoms with van der Waals surface area (Å²) in [7, 11) is 2.02. The number of aliphatic hydroxyl groups excluding tert-OH is 1. The Kier molecular flexibility index (Phi) is 8.08. The van der Waals surface area contributed by atoms with Crippen LogP contribution in [0.2, 0.25) is 0 Å². The van der Waals surface area contributed by atoms with Crippen LogP contribution in [0.15, 0.2) is 0 Å². The van der Waals surface area contributed by atoms with Crippen LogP contribution in [0.25, 0.3) is 0 Å². The maximum Gasteiger partial charge on any atom is 0.0823 e. The molecule has 0 saturated heterocycles. The van der Waals surface area contributed by atoms with Crippen LogP contribution in [-0.2, 0) is 4.74 Å². The molecule has 3 N–H and O–H groups in total. The Bertz CT molecular complexity index is 131. The summed E-state index contributed by atoms with van der Waals surface area (Å²) in [6.07, 6.45) is 0.666. The Morgan fingerprint density at radius 2 is 2.14 bits per heavy atom. The average molecular weight is 204 g/mol. The summed E-state index contributed by atoms with van der Waals surface area (Å²) in [6, 6.07) is 0. The zero-order valence-corrected chi connectivity index (χ0v) is 9.57. The molecule has 0 rings (SSSR count). The molecule has 0 bridgehead atoms. The number of aliphatic hydroxyl groups is 1. The van der Waals surface area contributed by atoms with Crippen molar-refractivity contribution < 1.29 is 9.84 Å². The average Bonchev–Trinajstić information content (AvgIpc) is 2.14. The first kappa shape index (κ1) is 13.8. The molecular weight excluding hydrogens is 180 g/mol. The first-order valence-electron chi connectivity index (χ1n) is 5.28. The third kappa shape index (κ3) is 7.26. The fourth-order valence-electron chi connectivity index (χ4n) is 1.28. The lowest BCUT2D eigenvalue weighted by Gasteiger charge is -2.23. The van der Waals surface area contributed by atoms with E-state index in [1.165, 1.54) is 0 Å². The maximum atomic E-state index is 9.11. The van der Waals surface area contributed by atoms with Crippen molar-refractivity contribution in [3.63, 3.8) is 0 Å². The van der Waals surface area contributed by atoms with Gasteiger partial charge < -0.3 is 20.5 Å². The molecule has 0 aromatic heterocycles. The number of hydrogen-bond acceptors (Lipinski definition) is 4. The maximum absolute atomic E-state index is 9.11. The van der Waals surface area contributed by atoms with Crippen LogP contribution in [0, 0.1) is 0 Å². The van der Waals surface area contributed by atoms with Gasteiger partial charge in [-0.25, -0.2) is 0 Å². The van der Waals surface area contributed by atoms with Crippen LogP contribution in [0.1, 0.15) is 20.3 Å². The Hall–Kier alpha value is -0.160. The van der Waals surface area contributed by atoms with Crippen LogP contribution in [0.3, 0.4) is 0 Å². The summed E-state index contributed by atoms with van der Waals surface area (Å²) in [6.45, 7) is 6.73.